The quantitative estimate of drug-likeness (QED) is 0.907. The molecule has 1 aromatic carbocycles. The van der Waals surface area contributed by atoms with Crippen molar-refractivity contribution in [1.82, 2.24) is 0 Å². The fourth-order valence-electron chi connectivity index (χ4n) is 1.95. The van der Waals surface area contributed by atoms with Crippen LogP contribution in [0, 0.1) is 0 Å². The largest absolute Gasteiger partial charge is 0.495 e. The average molecular weight is 282 g/mol. The minimum Gasteiger partial charge on any atom is -0.495 e. The maximum atomic E-state index is 6.13. The summed E-state index contributed by atoms with van der Waals surface area (Å²) in [5, 5.41) is 2.73. The predicted octanol–water partition coefficient (Wildman–Crippen LogP) is 3.70. The molecule has 96 valence electrons. The van der Waals surface area contributed by atoms with Gasteiger partial charge in [0.15, 0.2) is 0 Å². The molecule has 0 radical (unpaired) electrons. The van der Waals surface area contributed by atoms with E-state index in [-0.39, 0.29) is 0 Å². The van der Waals surface area contributed by atoms with E-state index in [9.17, 15) is 0 Å². The van der Waals surface area contributed by atoms with E-state index in [1.165, 1.54) is 10.4 Å². The normalized spacial score (nSPS) is 12.4. The highest BCUT2D eigenvalue weighted by Gasteiger charge is 2.12. The van der Waals surface area contributed by atoms with Crippen LogP contribution in [-0.4, -0.2) is 13.7 Å². The number of rotatable bonds is 5. The molecule has 0 amide bonds. The van der Waals surface area contributed by atoms with E-state index in [1.54, 1.807) is 18.4 Å². The smallest absolute Gasteiger partial charge is 0.137 e. The lowest BCUT2D eigenvalue weighted by atomic mass is 9.98. The van der Waals surface area contributed by atoms with Crippen LogP contribution in [-0.2, 0) is 6.42 Å². The van der Waals surface area contributed by atoms with Crippen molar-refractivity contribution in [3.8, 4) is 5.75 Å². The van der Waals surface area contributed by atoms with Gasteiger partial charge < -0.3 is 10.5 Å². The molecule has 1 atom stereocenters. The summed E-state index contributed by atoms with van der Waals surface area (Å²) in [6, 6.07) is 10.1. The molecule has 0 aliphatic carbocycles. The molecule has 1 unspecified atom stereocenters. The molecule has 0 aliphatic heterocycles. The highest BCUT2D eigenvalue weighted by Crippen LogP contribution is 2.29. The molecule has 0 bridgehead atoms. The molecular weight excluding hydrogens is 266 g/mol. The minimum atomic E-state index is 0.356. The summed E-state index contributed by atoms with van der Waals surface area (Å²) in [7, 11) is 1.62. The van der Waals surface area contributed by atoms with Gasteiger partial charge >= 0.3 is 0 Å². The average Bonchev–Trinajstić information content (AvgIpc) is 2.90. The van der Waals surface area contributed by atoms with E-state index in [0.29, 0.717) is 23.2 Å². The highest BCUT2D eigenvalue weighted by molar-refractivity contribution is 7.10. The van der Waals surface area contributed by atoms with Crippen LogP contribution in [0.2, 0.25) is 5.02 Å². The maximum Gasteiger partial charge on any atom is 0.137 e. The second-order valence-corrected chi connectivity index (χ2v) is 5.51. The van der Waals surface area contributed by atoms with Crippen LogP contribution in [0.15, 0.2) is 35.7 Å². The maximum absolute atomic E-state index is 6.13. The molecule has 2 aromatic rings. The first kappa shape index (κ1) is 13.4. The molecule has 0 saturated heterocycles. The van der Waals surface area contributed by atoms with Crippen LogP contribution in [0.5, 0.6) is 5.75 Å². The van der Waals surface area contributed by atoms with Crippen LogP contribution < -0.4 is 10.5 Å². The van der Waals surface area contributed by atoms with Gasteiger partial charge in [0.05, 0.1) is 12.1 Å². The Morgan fingerprint density at radius 1 is 1.39 bits per heavy atom. The van der Waals surface area contributed by atoms with Gasteiger partial charge in [0.25, 0.3) is 0 Å². The van der Waals surface area contributed by atoms with Crippen molar-refractivity contribution in [3.63, 3.8) is 0 Å². The third-order valence-corrected chi connectivity index (χ3v) is 4.26. The van der Waals surface area contributed by atoms with E-state index in [0.717, 1.165) is 6.42 Å². The molecule has 0 fully saturated rings. The fourth-order valence-corrected chi connectivity index (χ4v) is 3.07. The second-order valence-electron chi connectivity index (χ2n) is 4.12. The Hall–Kier alpha value is -1.03. The lowest BCUT2D eigenvalue weighted by Gasteiger charge is -2.14. The van der Waals surface area contributed by atoms with E-state index in [1.807, 2.05) is 18.2 Å². The van der Waals surface area contributed by atoms with Gasteiger partial charge in [-0.1, -0.05) is 23.7 Å². The number of halogens is 1. The first-order chi connectivity index (χ1) is 8.74. The van der Waals surface area contributed by atoms with Gasteiger partial charge in [-0.25, -0.2) is 0 Å². The molecule has 4 heteroatoms. The SMILES string of the molecule is COc1ccc(CC(CN)c2cccs2)cc1Cl. The Kier molecular flexibility index (Phi) is 4.64. The number of hydrogen-bond acceptors (Lipinski definition) is 3. The van der Waals surface area contributed by atoms with Gasteiger partial charge in [-0.3, -0.25) is 0 Å². The molecule has 2 N–H and O–H groups in total. The van der Waals surface area contributed by atoms with Gasteiger partial charge in [-0.05, 0) is 35.6 Å². The molecule has 1 aromatic heterocycles. The molecule has 2 nitrogen and oxygen atoms in total. The van der Waals surface area contributed by atoms with E-state index in [2.05, 4.69) is 17.5 Å². The zero-order valence-corrected chi connectivity index (χ0v) is 11.8. The van der Waals surface area contributed by atoms with Crippen molar-refractivity contribution < 1.29 is 4.74 Å². The summed E-state index contributed by atoms with van der Waals surface area (Å²) in [4.78, 5) is 1.32. The lowest BCUT2D eigenvalue weighted by Crippen LogP contribution is -2.13. The molecule has 0 aliphatic rings. The van der Waals surface area contributed by atoms with Crippen LogP contribution in [0.4, 0.5) is 0 Å². The molecular formula is C14H16ClNOS. The summed E-state index contributed by atoms with van der Waals surface area (Å²) in [5.41, 5.74) is 7.04. The molecule has 0 saturated carbocycles. The number of nitrogens with two attached hydrogens (primary N) is 1. The Bertz CT molecular complexity index is 499. The summed E-state index contributed by atoms with van der Waals surface area (Å²) in [5.74, 6) is 1.07. The fraction of sp³-hybridized carbons (Fsp3) is 0.286. The van der Waals surface area contributed by atoms with Crippen molar-refractivity contribution >= 4 is 22.9 Å². The Morgan fingerprint density at radius 3 is 2.78 bits per heavy atom. The van der Waals surface area contributed by atoms with Gasteiger partial charge in [-0.2, -0.15) is 0 Å². The van der Waals surface area contributed by atoms with Gasteiger partial charge in [-0.15, -0.1) is 11.3 Å². The zero-order chi connectivity index (χ0) is 13.0. The van der Waals surface area contributed by atoms with Crippen molar-refractivity contribution in [3.05, 3.63) is 51.2 Å². The second kappa shape index (κ2) is 6.23. The van der Waals surface area contributed by atoms with Crippen LogP contribution >= 0.6 is 22.9 Å². The first-order valence-corrected chi connectivity index (χ1v) is 7.06. The standard InChI is InChI=1S/C14H16ClNOS/c1-17-13-5-4-10(8-12(13)15)7-11(9-16)14-3-2-6-18-14/h2-6,8,11H,7,9,16H2,1H3. The van der Waals surface area contributed by atoms with Gasteiger partial charge in [0, 0.05) is 17.3 Å². The predicted molar refractivity (Wildman–Crippen MR) is 77.8 cm³/mol. The topological polar surface area (TPSA) is 35.2 Å². The van der Waals surface area contributed by atoms with Crippen molar-refractivity contribution in [1.29, 1.82) is 0 Å². The Labute approximate surface area is 116 Å². The summed E-state index contributed by atoms with van der Waals surface area (Å²) >= 11 is 7.88. The summed E-state index contributed by atoms with van der Waals surface area (Å²) in [6.45, 7) is 0.643. The van der Waals surface area contributed by atoms with Crippen molar-refractivity contribution in [2.75, 3.05) is 13.7 Å². The van der Waals surface area contributed by atoms with E-state index in [4.69, 9.17) is 22.1 Å². The summed E-state index contributed by atoms with van der Waals surface area (Å²) in [6.07, 6.45) is 0.903. The lowest BCUT2D eigenvalue weighted by molar-refractivity contribution is 0.415. The van der Waals surface area contributed by atoms with Crippen LogP contribution in [0.1, 0.15) is 16.4 Å². The molecule has 1 heterocycles. The highest BCUT2D eigenvalue weighted by atomic mass is 35.5. The number of thiophene rings is 1. The number of benzene rings is 1. The number of methoxy groups -OCH3 is 1. The van der Waals surface area contributed by atoms with E-state index < -0.39 is 0 Å². The van der Waals surface area contributed by atoms with Crippen LogP contribution in [0.3, 0.4) is 0 Å². The van der Waals surface area contributed by atoms with Crippen LogP contribution in [0.25, 0.3) is 0 Å². The Balaban J connectivity index is 2.15. The number of hydrogen-bond donors (Lipinski definition) is 1. The zero-order valence-electron chi connectivity index (χ0n) is 10.2. The third kappa shape index (κ3) is 3.05. The van der Waals surface area contributed by atoms with Gasteiger partial charge in [0.2, 0.25) is 0 Å². The number of ether oxygens (including phenoxy) is 1. The van der Waals surface area contributed by atoms with E-state index >= 15 is 0 Å². The Morgan fingerprint density at radius 2 is 2.22 bits per heavy atom. The molecule has 0 spiro atoms. The third-order valence-electron chi connectivity index (χ3n) is 2.93. The first-order valence-electron chi connectivity index (χ1n) is 5.80. The minimum absolute atomic E-state index is 0.356. The monoisotopic (exact) mass is 281 g/mol. The summed E-state index contributed by atoms with van der Waals surface area (Å²) < 4.78 is 5.15. The molecule has 18 heavy (non-hydrogen) atoms. The molecule has 2 rings (SSSR count). The van der Waals surface area contributed by atoms with Crippen molar-refractivity contribution in [2.45, 2.75) is 12.3 Å². The van der Waals surface area contributed by atoms with Crippen molar-refractivity contribution in [2.24, 2.45) is 5.73 Å². The van der Waals surface area contributed by atoms with Gasteiger partial charge in [0.1, 0.15) is 5.75 Å².